The molecule has 2 nitrogen and oxygen atoms in total. The summed E-state index contributed by atoms with van der Waals surface area (Å²) < 4.78 is 0.895. The summed E-state index contributed by atoms with van der Waals surface area (Å²) >= 11 is 3.68. The van der Waals surface area contributed by atoms with E-state index >= 15 is 0 Å². The number of hydrogen-bond donors (Lipinski definition) is 2. The molecule has 0 saturated carbocycles. The fraction of sp³-hybridized carbons (Fsp3) is 0.118. The lowest BCUT2D eigenvalue weighted by atomic mass is 9.54. The second-order valence-electron chi connectivity index (χ2n) is 10.1. The van der Waals surface area contributed by atoms with Crippen molar-refractivity contribution in [1.29, 1.82) is 0 Å². The molecule has 4 unspecified atom stereocenters. The molecule has 2 aliphatic rings. The van der Waals surface area contributed by atoms with Crippen LogP contribution >= 0.6 is 15.9 Å². The SMILES string of the molecule is OC1(c2cccc3ccccc23)c2ccccc2C(O)(c2cccc3ccccc23)C2C=C(Br)C=CC21. The molecule has 0 heterocycles. The Hall–Kier alpha value is -3.50. The first-order valence-electron chi connectivity index (χ1n) is 12.6. The molecule has 0 fully saturated rings. The highest BCUT2D eigenvalue weighted by atomic mass is 79.9. The highest BCUT2D eigenvalue weighted by Crippen LogP contribution is 2.59. The van der Waals surface area contributed by atoms with Crippen LogP contribution in [0.25, 0.3) is 21.5 Å². The molecule has 0 spiro atoms. The normalized spacial score (nSPS) is 26.5. The van der Waals surface area contributed by atoms with Crippen molar-refractivity contribution in [2.24, 2.45) is 11.8 Å². The van der Waals surface area contributed by atoms with Gasteiger partial charge >= 0.3 is 0 Å². The maximum absolute atomic E-state index is 13.0. The quantitative estimate of drug-likeness (QED) is 0.240. The number of allylic oxidation sites excluding steroid dienone is 2. The summed E-state index contributed by atoms with van der Waals surface area (Å²) in [7, 11) is 0. The van der Waals surface area contributed by atoms with Crippen LogP contribution in [0.15, 0.2) is 132 Å². The lowest BCUT2D eigenvalue weighted by Gasteiger charge is -2.53. The van der Waals surface area contributed by atoms with Gasteiger partial charge in [0.05, 0.1) is 0 Å². The Labute approximate surface area is 224 Å². The summed E-state index contributed by atoms with van der Waals surface area (Å²) in [5.74, 6) is -0.824. The maximum Gasteiger partial charge on any atom is 0.123 e. The molecule has 0 aromatic heterocycles. The first kappa shape index (κ1) is 22.7. The Morgan fingerprint density at radius 2 is 0.946 bits per heavy atom. The van der Waals surface area contributed by atoms with Crippen LogP contribution in [0, 0.1) is 11.8 Å². The number of halogens is 1. The monoisotopic (exact) mass is 544 g/mol. The first-order valence-corrected chi connectivity index (χ1v) is 13.4. The topological polar surface area (TPSA) is 40.5 Å². The van der Waals surface area contributed by atoms with Crippen molar-refractivity contribution in [1.82, 2.24) is 0 Å². The van der Waals surface area contributed by atoms with E-state index in [0.717, 1.165) is 48.3 Å². The Bertz CT molecular complexity index is 1740. The third kappa shape index (κ3) is 3.12. The fourth-order valence-electron chi connectivity index (χ4n) is 6.70. The molecule has 5 aromatic rings. The predicted molar refractivity (Wildman–Crippen MR) is 153 cm³/mol. The van der Waals surface area contributed by atoms with Gasteiger partial charge in [-0.25, -0.2) is 0 Å². The van der Waals surface area contributed by atoms with Crippen LogP contribution in [-0.4, -0.2) is 10.2 Å². The minimum atomic E-state index is -1.36. The molecule has 0 amide bonds. The van der Waals surface area contributed by atoms with E-state index in [1.54, 1.807) is 0 Å². The summed E-state index contributed by atoms with van der Waals surface area (Å²) in [6.07, 6.45) is 6.12. The van der Waals surface area contributed by atoms with E-state index in [0.29, 0.717) is 0 Å². The second-order valence-corrected chi connectivity index (χ2v) is 11.0. The summed E-state index contributed by atoms with van der Waals surface area (Å²) in [5, 5.41) is 30.1. The summed E-state index contributed by atoms with van der Waals surface area (Å²) in [5.41, 5.74) is 0.459. The van der Waals surface area contributed by atoms with Crippen LogP contribution in [0.2, 0.25) is 0 Å². The molecule has 5 aromatic carbocycles. The third-order valence-corrected chi connectivity index (χ3v) is 8.83. The van der Waals surface area contributed by atoms with E-state index in [9.17, 15) is 10.2 Å². The molecule has 2 aliphatic carbocycles. The number of aliphatic hydroxyl groups is 2. The number of fused-ring (bicyclic) bond motifs is 4. The first-order chi connectivity index (χ1) is 18.0. The molecular formula is C34H25BrO2. The van der Waals surface area contributed by atoms with Crippen molar-refractivity contribution in [2.75, 3.05) is 0 Å². The molecule has 4 atom stereocenters. The van der Waals surface area contributed by atoms with Gasteiger partial charge in [0.25, 0.3) is 0 Å². The van der Waals surface area contributed by atoms with Crippen LogP contribution in [0.3, 0.4) is 0 Å². The lowest BCUT2D eigenvalue weighted by Crippen LogP contribution is -2.54. The van der Waals surface area contributed by atoms with Crippen molar-refractivity contribution in [2.45, 2.75) is 11.2 Å². The summed E-state index contributed by atoms with van der Waals surface area (Å²) in [6, 6.07) is 36.5. The zero-order valence-corrected chi connectivity index (χ0v) is 21.6. The van der Waals surface area contributed by atoms with E-state index in [1.165, 1.54) is 0 Å². The fourth-order valence-corrected chi connectivity index (χ4v) is 7.13. The zero-order chi connectivity index (χ0) is 25.2. The van der Waals surface area contributed by atoms with Gasteiger partial charge in [0.2, 0.25) is 0 Å². The van der Waals surface area contributed by atoms with E-state index in [1.807, 2.05) is 78.9 Å². The van der Waals surface area contributed by atoms with E-state index < -0.39 is 23.0 Å². The van der Waals surface area contributed by atoms with Gasteiger partial charge < -0.3 is 10.2 Å². The highest BCUT2D eigenvalue weighted by molar-refractivity contribution is 9.11. The Kier molecular flexibility index (Phi) is 5.06. The van der Waals surface area contributed by atoms with Gasteiger partial charge in [0.1, 0.15) is 11.2 Å². The molecule has 3 heteroatoms. The van der Waals surface area contributed by atoms with E-state index in [2.05, 4.69) is 64.5 Å². The number of rotatable bonds is 2. The van der Waals surface area contributed by atoms with Crippen molar-refractivity contribution < 1.29 is 10.2 Å². The Balaban J connectivity index is 1.60. The van der Waals surface area contributed by atoms with Crippen LogP contribution in [-0.2, 0) is 11.2 Å². The molecule has 180 valence electrons. The molecule has 2 N–H and O–H groups in total. The summed E-state index contributed by atoms with van der Waals surface area (Å²) in [6.45, 7) is 0. The number of benzene rings is 5. The molecule has 0 bridgehead atoms. The standard InChI is InChI=1S/C34H25BrO2/c35-24-19-20-31-32(21-24)34(37,28-18-8-12-23-10-2-4-14-26(23)28)30-16-6-5-15-29(30)33(31,36)27-17-7-11-22-9-1-3-13-25(22)27/h1-21,31-32,36-37H. The largest absolute Gasteiger partial charge is 0.380 e. The van der Waals surface area contributed by atoms with Crippen molar-refractivity contribution in [3.63, 3.8) is 0 Å². The van der Waals surface area contributed by atoms with Crippen molar-refractivity contribution in [3.05, 3.63) is 154 Å². The van der Waals surface area contributed by atoms with Gasteiger partial charge in [0.15, 0.2) is 0 Å². The van der Waals surface area contributed by atoms with Crippen LogP contribution in [0.4, 0.5) is 0 Å². The Morgan fingerprint density at radius 3 is 1.51 bits per heavy atom. The van der Waals surface area contributed by atoms with Gasteiger partial charge in [-0.2, -0.15) is 0 Å². The summed E-state index contributed by atoms with van der Waals surface area (Å²) in [4.78, 5) is 0. The number of hydrogen-bond acceptors (Lipinski definition) is 2. The third-order valence-electron chi connectivity index (χ3n) is 8.30. The average Bonchev–Trinajstić information content (AvgIpc) is 2.95. The van der Waals surface area contributed by atoms with Crippen LogP contribution in [0.5, 0.6) is 0 Å². The average molecular weight is 545 g/mol. The van der Waals surface area contributed by atoms with Crippen molar-refractivity contribution >= 4 is 37.5 Å². The van der Waals surface area contributed by atoms with Gasteiger partial charge in [-0.15, -0.1) is 0 Å². The van der Waals surface area contributed by atoms with Gasteiger partial charge in [-0.05, 0) is 43.8 Å². The minimum absolute atomic E-state index is 0.404. The maximum atomic E-state index is 13.0. The van der Waals surface area contributed by atoms with Gasteiger partial charge in [-0.1, -0.05) is 143 Å². The van der Waals surface area contributed by atoms with Gasteiger partial charge in [-0.3, -0.25) is 0 Å². The molecule has 0 radical (unpaired) electrons. The highest BCUT2D eigenvalue weighted by Gasteiger charge is 2.58. The minimum Gasteiger partial charge on any atom is -0.380 e. The van der Waals surface area contributed by atoms with Crippen molar-refractivity contribution in [3.8, 4) is 0 Å². The zero-order valence-electron chi connectivity index (χ0n) is 20.1. The lowest BCUT2D eigenvalue weighted by molar-refractivity contribution is -0.0704. The molecule has 37 heavy (non-hydrogen) atoms. The molecular weight excluding hydrogens is 520 g/mol. The molecule has 0 saturated heterocycles. The van der Waals surface area contributed by atoms with Crippen LogP contribution in [0.1, 0.15) is 22.3 Å². The molecule has 0 aliphatic heterocycles. The second kappa shape index (κ2) is 8.26. The predicted octanol–water partition coefficient (Wildman–Crippen LogP) is 7.56. The molecule has 7 rings (SSSR count). The smallest absolute Gasteiger partial charge is 0.123 e. The van der Waals surface area contributed by atoms with E-state index in [-0.39, 0.29) is 0 Å². The van der Waals surface area contributed by atoms with Crippen LogP contribution < -0.4 is 0 Å². The Morgan fingerprint density at radius 1 is 0.514 bits per heavy atom. The van der Waals surface area contributed by atoms with Gasteiger partial charge in [0, 0.05) is 16.3 Å². The van der Waals surface area contributed by atoms with E-state index in [4.69, 9.17) is 0 Å².